The molecule has 0 aliphatic carbocycles. The molecule has 2 aromatic rings. The van der Waals surface area contributed by atoms with Gasteiger partial charge < -0.3 is 19.7 Å². The number of ether oxygens (including phenoxy) is 2. The van der Waals surface area contributed by atoms with Crippen LogP contribution in [0.4, 0.5) is 18.9 Å². The zero-order chi connectivity index (χ0) is 29.4. The van der Waals surface area contributed by atoms with Crippen LogP contribution in [0.25, 0.3) is 0 Å². The first-order valence-corrected chi connectivity index (χ1v) is 13.4. The van der Waals surface area contributed by atoms with Crippen LogP contribution in [0.1, 0.15) is 45.2 Å². The fourth-order valence-electron chi connectivity index (χ4n) is 4.03. The van der Waals surface area contributed by atoms with Gasteiger partial charge in [-0.1, -0.05) is 12.1 Å². The third-order valence-electron chi connectivity index (χ3n) is 6.02. The van der Waals surface area contributed by atoms with E-state index in [-0.39, 0.29) is 24.3 Å². The van der Waals surface area contributed by atoms with Gasteiger partial charge in [-0.15, -0.1) is 0 Å². The number of carboxylic acid groups (broad SMARTS) is 1. The molecule has 0 spiro atoms. The van der Waals surface area contributed by atoms with Gasteiger partial charge in [-0.3, -0.25) is 13.9 Å². The van der Waals surface area contributed by atoms with Gasteiger partial charge in [-0.25, -0.2) is 8.42 Å². The fraction of sp³-hybridized carbons (Fsp3) is 0.462. The molecule has 3 rings (SSSR count). The van der Waals surface area contributed by atoms with E-state index >= 15 is 0 Å². The zero-order valence-electron chi connectivity index (χ0n) is 21.8. The molecule has 13 heteroatoms. The number of aliphatic carboxylic acids is 1. The zero-order valence-corrected chi connectivity index (χ0v) is 22.6. The van der Waals surface area contributed by atoms with Crippen LogP contribution in [0.5, 0.6) is 5.75 Å². The number of hydrogen-bond acceptors (Lipinski definition) is 7. The first-order chi connectivity index (χ1) is 17.9. The van der Waals surface area contributed by atoms with E-state index in [9.17, 15) is 41.4 Å². The predicted molar refractivity (Wildman–Crippen MR) is 134 cm³/mol. The van der Waals surface area contributed by atoms with Crippen LogP contribution in [0.15, 0.2) is 47.4 Å². The highest BCUT2D eigenvalue weighted by molar-refractivity contribution is 7.92. The van der Waals surface area contributed by atoms with Gasteiger partial charge in [-0.05, 0) is 63.6 Å². The monoisotopic (exact) mass is 573 g/mol. The highest BCUT2D eigenvalue weighted by Crippen LogP contribution is 2.41. The summed E-state index contributed by atoms with van der Waals surface area (Å²) in [5, 5.41) is 19.2. The lowest BCUT2D eigenvalue weighted by Crippen LogP contribution is -2.47. The Morgan fingerprint density at radius 1 is 1.10 bits per heavy atom. The quantitative estimate of drug-likeness (QED) is 0.453. The number of aliphatic hydroxyl groups is 1. The summed E-state index contributed by atoms with van der Waals surface area (Å²) >= 11 is 0. The molecule has 39 heavy (non-hydrogen) atoms. The number of hydrogen-bond donors (Lipinski definition) is 2. The number of nitrogens with zero attached hydrogens (tertiary/aromatic N) is 1. The molecule has 214 valence electrons. The summed E-state index contributed by atoms with van der Waals surface area (Å²) < 4.78 is 79.5. The summed E-state index contributed by atoms with van der Waals surface area (Å²) in [6, 6.07) is 7.51. The van der Waals surface area contributed by atoms with E-state index < -0.39 is 68.9 Å². The van der Waals surface area contributed by atoms with E-state index in [1.165, 1.54) is 25.1 Å². The van der Waals surface area contributed by atoms with Crippen molar-refractivity contribution in [2.45, 2.75) is 63.3 Å². The first kappa shape index (κ1) is 30.2. The average molecular weight is 574 g/mol. The third-order valence-corrected chi connectivity index (χ3v) is 7.79. The minimum Gasteiger partial charge on any atom is -0.486 e. The van der Waals surface area contributed by atoms with E-state index in [4.69, 9.17) is 9.47 Å². The fourth-order valence-corrected chi connectivity index (χ4v) is 5.57. The Labute approximate surface area is 224 Å². The Bertz CT molecular complexity index is 1350. The van der Waals surface area contributed by atoms with E-state index in [0.29, 0.717) is 11.6 Å². The Kier molecular flexibility index (Phi) is 8.28. The molecule has 0 bridgehead atoms. The standard InChI is InChI=1S/C26H30F3NO8S/c1-24(2,3)38-22(32)11-16-8-9-21-20(10-16)30(14-18(37-21)13-25(4,15-31)23(33)34)39(35,36)19-7-5-6-17(12-19)26(27,28)29/h5-10,12,18,31H,11,13-15H2,1-4H3,(H,33,34)/t18-,25+/m0/s1. The van der Waals surface area contributed by atoms with Gasteiger partial charge in [0.15, 0.2) is 0 Å². The number of rotatable bonds is 8. The summed E-state index contributed by atoms with van der Waals surface area (Å²) in [5.41, 5.74) is -3.27. The average Bonchev–Trinajstić information content (AvgIpc) is 2.81. The van der Waals surface area contributed by atoms with Crippen molar-refractivity contribution in [2.24, 2.45) is 5.41 Å². The second kappa shape index (κ2) is 10.7. The number of carbonyl (C=O) groups excluding carboxylic acids is 1. The number of anilines is 1. The maximum absolute atomic E-state index is 13.7. The van der Waals surface area contributed by atoms with E-state index in [1.54, 1.807) is 20.8 Å². The van der Waals surface area contributed by atoms with Crippen LogP contribution < -0.4 is 9.04 Å². The van der Waals surface area contributed by atoms with Crippen LogP contribution in [-0.2, 0) is 36.9 Å². The summed E-state index contributed by atoms with van der Waals surface area (Å²) in [6.07, 6.45) is -6.37. The molecule has 1 aliphatic rings. The molecule has 0 radical (unpaired) electrons. The number of halogens is 3. The first-order valence-electron chi connectivity index (χ1n) is 11.9. The Balaban J connectivity index is 2.08. The lowest BCUT2D eigenvalue weighted by atomic mass is 9.85. The van der Waals surface area contributed by atoms with Gasteiger partial charge in [0.2, 0.25) is 0 Å². The second-order valence-corrected chi connectivity index (χ2v) is 12.5. The van der Waals surface area contributed by atoms with Gasteiger partial charge in [0.05, 0.1) is 41.1 Å². The van der Waals surface area contributed by atoms with Gasteiger partial charge in [0.25, 0.3) is 10.0 Å². The van der Waals surface area contributed by atoms with E-state index in [0.717, 1.165) is 22.5 Å². The minimum absolute atomic E-state index is 0.0143. The second-order valence-electron chi connectivity index (χ2n) is 10.6. The summed E-state index contributed by atoms with van der Waals surface area (Å²) in [4.78, 5) is 23.5. The molecule has 2 atom stereocenters. The smallest absolute Gasteiger partial charge is 0.416 e. The molecule has 0 unspecified atom stereocenters. The molecule has 2 aromatic carbocycles. The number of benzene rings is 2. The minimum atomic E-state index is -4.79. The van der Waals surface area contributed by atoms with Crippen LogP contribution >= 0.6 is 0 Å². The highest BCUT2D eigenvalue weighted by Gasteiger charge is 2.42. The molecule has 0 fully saturated rings. The van der Waals surface area contributed by atoms with Crippen LogP contribution in [-0.4, -0.2) is 55.4 Å². The van der Waals surface area contributed by atoms with Crippen LogP contribution in [0, 0.1) is 5.41 Å². The maximum atomic E-state index is 13.7. The van der Waals surface area contributed by atoms with Crippen molar-refractivity contribution in [3.05, 3.63) is 53.6 Å². The number of fused-ring (bicyclic) bond motifs is 1. The number of esters is 1. The lowest BCUT2D eigenvalue weighted by Gasteiger charge is -2.38. The topological polar surface area (TPSA) is 130 Å². The lowest BCUT2D eigenvalue weighted by molar-refractivity contribution is -0.154. The van der Waals surface area contributed by atoms with Gasteiger partial charge >= 0.3 is 18.1 Å². The summed E-state index contributed by atoms with van der Waals surface area (Å²) in [7, 11) is -4.62. The molecular formula is C26H30F3NO8S. The summed E-state index contributed by atoms with van der Waals surface area (Å²) in [5.74, 6) is -1.90. The SMILES string of the molecule is CC(C)(C)OC(=O)Cc1ccc2c(c1)N(S(=O)(=O)c1cccc(C(F)(F)F)c1)C[C@H](C[C@](C)(CO)C(=O)O)O2. The van der Waals surface area contributed by atoms with Gasteiger partial charge in [0.1, 0.15) is 17.5 Å². The molecule has 0 aromatic heterocycles. The van der Waals surface area contributed by atoms with Crippen molar-refractivity contribution in [1.82, 2.24) is 0 Å². The summed E-state index contributed by atoms with van der Waals surface area (Å²) in [6.45, 7) is 5.11. The van der Waals surface area contributed by atoms with Crippen molar-refractivity contribution in [3.8, 4) is 5.75 Å². The maximum Gasteiger partial charge on any atom is 0.416 e. The molecule has 1 aliphatic heterocycles. The predicted octanol–water partition coefficient (Wildman–Crippen LogP) is 4.02. The van der Waals surface area contributed by atoms with Crippen molar-refractivity contribution in [1.29, 1.82) is 0 Å². The molecular weight excluding hydrogens is 543 g/mol. The van der Waals surface area contributed by atoms with Crippen molar-refractivity contribution in [2.75, 3.05) is 17.5 Å². The molecule has 0 saturated heterocycles. The van der Waals surface area contributed by atoms with Gasteiger partial charge in [-0.2, -0.15) is 13.2 Å². The number of alkyl halides is 3. The van der Waals surface area contributed by atoms with Crippen molar-refractivity contribution in [3.63, 3.8) is 0 Å². The normalized spacial score (nSPS) is 17.5. The molecule has 0 saturated carbocycles. The van der Waals surface area contributed by atoms with E-state index in [1.807, 2.05) is 0 Å². The number of carboxylic acids is 1. The highest BCUT2D eigenvalue weighted by atomic mass is 32.2. The van der Waals surface area contributed by atoms with Crippen molar-refractivity contribution >= 4 is 27.6 Å². The number of carbonyl (C=O) groups is 2. The number of sulfonamides is 1. The molecule has 0 amide bonds. The van der Waals surface area contributed by atoms with Crippen LogP contribution in [0.2, 0.25) is 0 Å². The molecule has 2 N–H and O–H groups in total. The van der Waals surface area contributed by atoms with Gasteiger partial charge in [0, 0.05) is 6.42 Å². The molecule has 9 nitrogen and oxygen atoms in total. The van der Waals surface area contributed by atoms with E-state index in [2.05, 4.69) is 0 Å². The largest absolute Gasteiger partial charge is 0.486 e. The Hall–Kier alpha value is -3.32. The Morgan fingerprint density at radius 3 is 2.33 bits per heavy atom. The third kappa shape index (κ3) is 7.01. The molecule has 1 heterocycles. The van der Waals surface area contributed by atoms with Crippen LogP contribution in [0.3, 0.4) is 0 Å². The number of aliphatic hydroxyl groups excluding tert-OH is 1. The Morgan fingerprint density at radius 2 is 1.77 bits per heavy atom. The van der Waals surface area contributed by atoms with Crippen molar-refractivity contribution < 1.29 is 50.9 Å².